The molecule has 0 saturated carbocycles. The lowest BCUT2D eigenvalue weighted by Gasteiger charge is -2.35. The van der Waals surface area contributed by atoms with Crippen LogP contribution in [0, 0.1) is 6.92 Å². The van der Waals surface area contributed by atoms with Crippen molar-refractivity contribution >= 4 is 12.0 Å². The predicted molar refractivity (Wildman–Crippen MR) is 89.2 cm³/mol. The molecule has 2 heterocycles. The molecule has 2 aromatic rings. The van der Waals surface area contributed by atoms with E-state index in [1.807, 2.05) is 6.92 Å². The Kier molecular flexibility index (Phi) is 4.99. The van der Waals surface area contributed by atoms with Crippen molar-refractivity contribution in [3.63, 3.8) is 0 Å². The van der Waals surface area contributed by atoms with Crippen molar-refractivity contribution in [2.45, 2.75) is 45.0 Å². The predicted octanol–water partition coefficient (Wildman–Crippen LogP) is 3.91. The number of carbonyl (C=O) groups excluding carboxylic acids is 1. The zero-order valence-electron chi connectivity index (χ0n) is 14.8. The van der Waals surface area contributed by atoms with Gasteiger partial charge in [-0.2, -0.15) is 4.98 Å². The number of aryl methyl sites for hydroxylation is 1. The molecule has 146 valence electrons. The number of halogens is 3. The van der Waals surface area contributed by atoms with Crippen LogP contribution >= 0.6 is 0 Å². The molecule has 7 nitrogen and oxygen atoms in total. The van der Waals surface area contributed by atoms with Gasteiger partial charge >= 0.3 is 18.4 Å². The molecule has 1 aliphatic heterocycles. The number of likely N-dealkylation sites (tertiary alicyclic amines) is 1. The lowest BCUT2D eigenvalue weighted by molar-refractivity contribution is -0.274. The van der Waals surface area contributed by atoms with Crippen molar-refractivity contribution in [3.8, 4) is 5.75 Å². The highest BCUT2D eigenvalue weighted by atomic mass is 19.4. The number of benzene rings is 1. The minimum Gasteiger partial charge on any atom is -0.406 e. The van der Waals surface area contributed by atoms with Crippen LogP contribution in [0.5, 0.6) is 5.75 Å². The molecule has 1 fully saturated rings. The average molecular weight is 384 g/mol. The first kappa shape index (κ1) is 19.0. The smallest absolute Gasteiger partial charge is 0.406 e. The highest BCUT2D eigenvalue weighted by molar-refractivity contribution is 5.87. The fourth-order valence-corrected chi connectivity index (χ4v) is 3.31. The number of anilines is 1. The molecule has 2 amide bonds. The maximum absolute atomic E-state index is 12.6. The Morgan fingerprint density at radius 3 is 2.67 bits per heavy atom. The molecule has 1 aromatic carbocycles. The van der Waals surface area contributed by atoms with Crippen molar-refractivity contribution in [2.75, 3.05) is 11.9 Å². The number of alkyl halides is 3. The van der Waals surface area contributed by atoms with Gasteiger partial charge in [0.2, 0.25) is 0 Å². The quantitative estimate of drug-likeness (QED) is 0.865. The minimum absolute atomic E-state index is 0.0282. The van der Waals surface area contributed by atoms with E-state index >= 15 is 0 Å². The van der Waals surface area contributed by atoms with E-state index in [9.17, 15) is 18.0 Å². The molecule has 1 unspecified atom stereocenters. The van der Waals surface area contributed by atoms with Crippen molar-refractivity contribution in [3.05, 3.63) is 35.7 Å². The molecule has 1 atom stereocenters. The monoisotopic (exact) mass is 384 g/mol. The van der Waals surface area contributed by atoms with Crippen molar-refractivity contribution in [1.82, 2.24) is 15.0 Å². The molecular weight excluding hydrogens is 365 g/mol. The molecule has 0 bridgehead atoms. The number of aromatic nitrogens is 2. The van der Waals surface area contributed by atoms with Gasteiger partial charge in [0.25, 0.3) is 0 Å². The highest BCUT2D eigenvalue weighted by Gasteiger charge is 2.40. The number of ether oxygens (including phenoxy) is 1. The van der Waals surface area contributed by atoms with Crippen LogP contribution in [0.3, 0.4) is 0 Å². The summed E-state index contributed by atoms with van der Waals surface area (Å²) in [5, 5.41) is 6.20. The zero-order chi connectivity index (χ0) is 19.7. The molecular formula is C17H19F3N4O3. The normalized spacial score (nSPS) is 20.0. The summed E-state index contributed by atoms with van der Waals surface area (Å²) in [6.45, 7) is 4.15. The number of hydrogen-bond donors (Lipinski definition) is 1. The standard InChI is InChI=1S/C17H19F3N4O3/c1-11-21-14(27-23-11)22-15(25)24-9-3-8-16(24,2)10-12-4-6-13(7-5-12)26-17(18,19)20/h4-7H,3,8-10H2,1-2H3,(H,21,22,23,25). The Bertz CT molecular complexity index is 807. The Morgan fingerprint density at radius 2 is 2.07 bits per heavy atom. The largest absolute Gasteiger partial charge is 0.573 e. The summed E-state index contributed by atoms with van der Waals surface area (Å²) >= 11 is 0. The third-order valence-electron chi connectivity index (χ3n) is 4.48. The first-order valence-electron chi connectivity index (χ1n) is 8.38. The summed E-state index contributed by atoms with van der Waals surface area (Å²) in [6, 6.07) is 5.36. The van der Waals surface area contributed by atoms with Crippen LogP contribution in [-0.2, 0) is 6.42 Å². The summed E-state index contributed by atoms with van der Waals surface area (Å²) in [6.07, 6.45) is -2.64. The lowest BCUT2D eigenvalue weighted by atomic mass is 9.90. The summed E-state index contributed by atoms with van der Waals surface area (Å²) < 4.78 is 45.6. The van der Waals surface area contributed by atoms with Gasteiger partial charge in [-0.05, 0) is 50.8 Å². The van der Waals surface area contributed by atoms with E-state index in [0.717, 1.165) is 18.4 Å². The van der Waals surface area contributed by atoms with Crippen LogP contribution in [0.25, 0.3) is 0 Å². The van der Waals surface area contributed by atoms with Crippen LogP contribution in [-0.4, -0.2) is 39.5 Å². The first-order chi connectivity index (χ1) is 12.6. The third-order valence-corrected chi connectivity index (χ3v) is 4.48. The van der Waals surface area contributed by atoms with Gasteiger partial charge in [-0.3, -0.25) is 5.32 Å². The fourth-order valence-electron chi connectivity index (χ4n) is 3.31. The number of amides is 2. The van der Waals surface area contributed by atoms with E-state index in [2.05, 4.69) is 20.2 Å². The Hall–Kier alpha value is -2.78. The van der Waals surface area contributed by atoms with Crippen LogP contribution in [0.4, 0.5) is 24.0 Å². The maximum Gasteiger partial charge on any atom is 0.573 e. The van der Waals surface area contributed by atoms with Crippen LogP contribution in [0.2, 0.25) is 0 Å². The summed E-state index contributed by atoms with van der Waals surface area (Å²) in [5.74, 6) is 0.139. The van der Waals surface area contributed by atoms with Gasteiger partial charge in [-0.25, -0.2) is 4.79 Å². The third kappa shape index (κ3) is 4.69. The first-order valence-corrected chi connectivity index (χ1v) is 8.38. The molecule has 10 heteroatoms. The Balaban J connectivity index is 1.67. The fraction of sp³-hybridized carbons (Fsp3) is 0.471. The molecule has 0 spiro atoms. The van der Waals surface area contributed by atoms with E-state index in [-0.39, 0.29) is 17.8 Å². The summed E-state index contributed by atoms with van der Waals surface area (Å²) in [7, 11) is 0. The van der Waals surface area contributed by atoms with Crippen LogP contribution < -0.4 is 10.1 Å². The van der Waals surface area contributed by atoms with Crippen molar-refractivity contribution in [2.24, 2.45) is 0 Å². The molecule has 0 aliphatic carbocycles. The molecule has 0 radical (unpaired) electrons. The highest BCUT2D eigenvalue weighted by Crippen LogP contribution is 2.33. The lowest BCUT2D eigenvalue weighted by Crippen LogP contribution is -2.48. The van der Waals surface area contributed by atoms with Gasteiger partial charge in [0, 0.05) is 12.1 Å². The van der Waals surface area contributed by atoms with Gasteiger partial charge < -0.3 is 14.2 Å². The second kappa shape index (κ2) is 7.09. The maximum atomic E-state index is 12.6. The molecule has 1 aliphatic rings. The van der Waals surface area contributed by atoms with Gasteiger partial charge in [0.15, 0.2) is 5.82 Å². The summed E-state index contributed by atoms with van der Waals surface area (Å²) in [5.41, 5.74) is 0.325. The zero-order valence-corrected chi connectivity index (χ0v) is 14.8. The molecule has 1 N–H and O–H groups in total. The minimum atomic E-state index is -4.72. The second-order valence-corrected chi connectivity index (χ2v) is 6.70. The Labute approximate surface area is 153 Å². The second-order valence-electron chi connectivity index (χ2n) is 6.70. The number of rotatable bonds is 4. The molecule has 1 aromatic heterocycles. The van der Waals surface area contributed by atoms with Gasteiger partial charge in [0.1, 0.15) is 5.75 Å². The number of hydrogen-bond acceptors (Lipinski definition) is 5. The summed E-state index contributed by atoms with van der Waals surface area (Å²) in [4.78, 5) is 18.2. The van der Waals surface area contributed by atoms with Gasteiger partial charge in [-0.1, -0.05) is 17.3 Å². The number of carbonyl (C=O) groups is 1. The van der Waals surface area contributed by atoms with E-state index in [1.165, 1.54) is 12.1 Å². The number of nitrogens with zero attached hydrogens (tertiary/aromatic N) is 3. The average Bonchev–Trinajstić information content (AvgIpc) is 3.13. The van der Waals surface area contributed by atoms with Gasteiger partial charge in [0.05, 0.1) is 0 Å². The van der Waals surface area contributed by atoms with Gasteiger partial charge in [-0.15, -0.1) is 13.2 Å². The van der Waals surface area contributed by atoms with E-state index in [1.54, 1.807) is 24.0 Å². The van der Waals surface area contributed by atoms with Crippen molar-refractivity contribution < 1.29 is 27.2 Å². The van der Waals surface area contributed by atoms with E-state index in [0.29, 0.717) is 18.8 Å². The topological polar surface area (TPSA) is 80.5 Å². The SMILES string of the molecule is Cc1noc(NC(=O)N2CCCC2(C)Cc2ccc(OC(F)(F)F)cc2)n1. The number of nitrogens with one attached hydrogen (secondary N) is 1. The van der Waals surface area contributed by atoms with Crippen LogP contribution in [0.1, 0.15) is 31.2 Å². The molecule has 27 heavy (non-hydrogen) atoms. The van der Waals surface area contributed by atoms with E-state index < -0.39 is 11.9 Å². The number of urea groups is 1. The molecule has 3 rings (SSSR count). The van der Waals surface area contributed by atoms with E-state index in [4.69, 9.17) is 4.52 Å². The van der Waals surface area contributed by atoms with Crippen molar-refractivity contribution in [1.29, 1.82) is 0 Å². The molecule has 1 saturated heterocycles. The Morgan fingerprint density at radius 1 is 1.37 bits per heavy atom. The van der Waals surface area contributed by atoms with Crippen LogP contribution in [0.15, 0.2) is 28.8 Å².